The van der Waals surface area contributed by atoms with Gasteiger partial charge < -0.3 is 9.47 Å². The van der Waals surface area contributed by atoms with E-state index in [0.717, 1.165) is 23.3 Å². The maximum Gasteiger partial charge on any atom is 0.170 e. The zero-order valence-electron chi connectivity index (χ0n) is 13.1. The summed E-state index contributed by atoms with van der Waals surface area (Å²) < 4.78 is 10.7. The molecule has 2 aromatic carbocycles. The van der Waals surface area contributed by atoms with Crippen LogP contribution in [0.2, 0.25) is 0 Å². The summed E-state index contributed by atoms with van der Waals surface area (Å²) in [4.78, 5) is 12.9. The van der Waals surface area contributed by atoms with Gasteiger partial charge in [0.15, 0.2) is 5.78 Å². The van der Waals surface area contributed by atoms with Gasteiger partial charge in [0, 0.05) is 12.0 Å². The third-order valence-corrected chi connectivity index (χ3v) is 4.54. The molecule has 0 N–H and O–H groups in total. The molecule has 0 heterocycles. The van der Waals surface area contributed by atoms with E-state index in [2.05, 4.69) is 19.1 Å². The van der Waals surface area contributed by atoms with Crippen molar-refractivity contribution in [1.82, 2.24) is 0 Å². The van der Waals surface area contributed by atoms with E-state index in [0.29, 0.717) is 5.75 Å². The maximum atomic E-state index is 12.9. The van der Waals surface area contributed by atoms with E-state index in [-0.39, 0.29) is 17.6 Å². The molecule has 0 radical (unpaired) electrons. The molecule has 0 amide bonds. The number of fused-ring (bicyclic) bond motifs is 1. The van der Waals surface area contributed by atoms with Crippen LogP contribution in [-0.4, -0.2) is 20.0 Å². The number of hydrogen-bond donors (Lipinski definition) is 0. The molecular weight excluding hydrogens is 276 g/mol. The molecule has 2 atom stereocenters. The molecule has 3 rings (SSSR count). The van der Waals surface area contributed by atoms with Gasteiger partial charge in [0.05, 0.1) is 19.8 Å². The van der Waals surface area contributed by atoms with Crippen LogP contribution in [0.4, 0.5) is 0 Å². The predicted octanol–water partition coefficient (Wildman–Crippen LogP) is 3.86. The summed E-state index contributed by atoms with van der Waals surface area (Å²) in [5, 5.41) is 0. The number of methoxy groups -OCH3 is 2. The Balaban J connectivity index is 1.99. The van der Waals surface area contributed by atoms with Crippen molar-refractivity contribution in [2.75, 3.05) is 14.2 Å². The van der Waals surface area contributed by atoms with Crippen LogP contribution in [0.3, 0.4) is 0 Å². The number of hydrogen-bond acceptors (Lipinski definition) is 3. The lowest BCUT2D eigenvalue weighted by molar-refractivity contribution is 0.0923. The first-order valence-corrected chi connectivity index (χ1v) is 7.49. The molecule has 1 aliphatic carbocycles. The van der Waals surface area contributed by atoms with Crippen molar-refractivity contribution >= 4 is 5.78 Å². The Hall–Kier alpha value is -2.29. The zero-order valence-corrected chi connectivity index (χ0v) is 13.1. The predicted molar refractivity (Wildman–Crippen MR) is 85.9 cm³/mol. The largest absolute Gasteiger partial charge is 0.497 e. The summed E-state index contributed by atoms with van der Waals surface area (Å²) >= 11 is 0. The van der Waals surface area contributed by atoms with Crippen LogP contribution in [-0.2, 0) is 6.42 Å². The lowest BCUT2D eigenvalue weighted by atomic mass is 9.88. The molecule has 0 bridgehead atoms. The molecule has 114 valence electrons. The Morgan fingerprint density at radius 3 is 2.41 bits per heavy atom. The van der Waals surface area contributed by atoms with Crippen molar-refractivity contribution in [2.45, 2.75) is 19.3 Å². The van der Waals surface area contributed by atoms with Crippen LogP contribution in [0.15, 0.2) is 42.5 Å². The first kappa shape index (κ1) is 14.6. The molecule has 0 saturated heterocycles. The van der Waals surface area contributed by atoms with Gasteiger partial charge in [-0.1, -0.05) is 37.3 Å². The van der Waals surface area contributed by atoms with E-state index in [4.69, 9.17) is 9.47 Å². The van der Waals surface area contributed by atoms with E-state index in [1.54, 1.807) is 20.3 Å². The van der Waals surface area contributed by atoms with E-state index in [1.807, 2.05) is 24.3 Å². The molecule has 0 saturated carbocycles. The van der Waals surface area contributed by atoms with Gasteiger partial charge in [0.1, 0.15) is 11.5 Å². The molecule has 0 fully saturated rings. The summed E-state index contributed by atoms with van der Waals surface area (Å²) in [5.41, 5.74) is 2.94. The Morgan fingerprint density at radius 2 is 1.77 bits per heavy atom. The number of benzene rings is 2. The number of Topliss-reactive ketones (excluding diaryl/α,β-unsaturated/α-hetero) is 1. The van der Waals surface area contributed by atoms with Gasteiger partial charge in [-0.25, -0.2) is 0 Å². The Kier molecular flexibility index (Phi) is 3.88. The summed E-state index contributed by atoms with van der Waals surface area (Å²) in [6.07, 6.45) is 0.751. The molecule has 22 heavy (non-hydrogen) atoms. The minimum Gasteiger partial charge on any atom is -0.497 e. The van der Waals surface area contributed by atoms with Gasteiger partial charge in [0.2, 0.25) is 0 Å². The normalized spacial score (nSPS) is 19.9. The van der Waals surface area contributed by atoms with Gasteiger partial charge in [-0.3, -0.25) is 4.79 Å². The topological polar surface area (TPSA) is 35.5 Å². The molecule has 0 aliphatic heterocycles. The van der Waals surface area contributed by atoms with E-state index < -0.39 is 0 Å². The third-order valence-electron chi connectivity index (χ3n) is 4.54. The standard InChI is InChI=1S/C19H20O3/c1-12-15-10-14(21-2)11-17(22-3)18(15)19(20)16(12)9-13-7-5-4-6-8-13/h4-8,10-12,16H,9H2,1-3H3/t12-,16+/m0/s1. The van der Waals surface area contributed by atoms with Crippen LogP contribution in [0.25, 0.3) is 0 Å². The second-order valence-corrected chi connectivity index (χ2v) is 5.74. The fraction of sp³-hybridized carbons (Fsp3) is 0.316. The first-order valence-electron chi connectivity index (χ1n) is 7.49. The van der Waals surface area contributed by atoms with Crippen LogP contribution in [0, 0.1) is 5.92 Å². The Bertz CT molecular complexity index is 691. The second-order valence-electron chi connectivity index (χ2n) is 5.74. The minimum absolute atomic E-state index is 0.0431. The van der Waals surface area contributed by atoms with Gasteiger partial charge in [-0.15, -0.1) is 0 Å². The van der Waals surface area contributed by atoms with E-state index in [1.165, 1.54) is 5.56 Å². The Labute approximate surface area is 130 Å². The van der Waals surface area contributed by atoms with E-state index >= 15 is 0 Å². The van der Waals surface area contributed by atoms with Gasteiger partial charge >= 0.3 is 0 Å². The fourth-order valence-electron chi connectivity index (χ4n) is 3.28. The monoisotopic (exact) mass is 296 g/mol. The molecule has 0 unspecified atom stereocenters. The first-order chi connectivity index (χ1) is 10.7. The lowest BCUT2D eigenvalue weighted by Gasteiger charge is -2.14. The third kappa shape index (κ3) is 2.37. The van der Waals surface area contributed by atoms with Crippen molar-refractivity contribution in [3.63, 3.8) is 0 Å². The number of rotatable bonds is 4. The van der Waals surface area contributed by atoms with Crippen LogP contribution in [0.5, 0.6) is 11.5 Å². The Morgan fingerprint density at radius 1 is 1.05 bits per heavy atom. The zero-order chi connectivity index (χ0) is 15.7. The number of carbonyl (C=O) groups is 1. The number of ether oxygens (including phenoxy) is 2. The highest BCUT2D eigenvalue weighted by Gasteiger charge is 2.39. The van der Waals surface area contributed by atoms with Crippen molar-refractivity contribution in [1.29, 1.82) is 0 Å². The van der Waals surface area contributed by atoms with Crippen LogP contribution >= 0.6 is 0 Å². The molecule has 3 heteroatoms. The highest BCUT2D eigenvalue weighted by Crippen LogP contribution is 2.45. The van der Waals surface area contributed by atoms with Crippen molar-refractivity contribution in [2.24, 2.45) is 5.92 Å². The summed E-state index contributed by atoms with van der Waals surface area (Å²) in [6, 6.07) is 13.9. The molecule has 0 spiro atoms. The van der Waals surface area contributed by atoms with E-state index in [9.17, 15) is 4.79 Å². The average Bonchev–Trinajstić information content (AvgIpc) is 2.80. The van der Waals surface area contributed by atoms with Gasteiger partial charge in [-0.2, -0.15) is 0 Å². The number of ketones is 1. The highest BCUT2D eigenvalue weighted by atomic mass is 16.5. The molecule has 0 aromatic heterocycles. The average molecular weight is 296 g/mol. The fourth-order valence-corrected chi connectivity index (χ4v) is 3.28. The van der Waals surface area contributed by atoms with Crippen LogP contribution in [0.1, 0.15) is 34.3 Å². The molecule has 2 aromatic rings. The summed E-state index contributed by atoms with van der Waals surface area (Å²) in [5.74, 6) is 1.63. The van der Waals surface area contributed by atoms with Crippen molar-refractivity contribution in [3.05, 3.63) is 59.2 Å². The second kappa shape index (κ2) is 5.84. The molecular formula is C19H20O3. The van der Waals surface area contributed by atoms with Crippen molar-refractivity contribution < 1.29 is 14.3 Å². The maximum absolute atomic E-state index is 12.9. The number of carbonyl (C=O) groups excluding carboxylic acids is 1. The quantitative estimate of drug-likeness (QED) is 0.859. The highest BCUT2D eigenvalue weighted by molar-refractivity contribution is 6.05. The molecule has 3 nitrogen and oxygen atoms in total. The molecule has 1 aliphatic rings. The SMILES string of the molecule is COc1cc(OC)c2c(c1)[C@H](C)[C@@H](Cc1ccccc1)C2=O. The van der Waals surface area contributed by atoms with Crippen molar-refractivity contribution in [3.8, 4) is 11.5 Å². The summed E-state index contributed by atoms with van der Waals surface area (Å²) in [7, 11) is 3.22. The van der Waals surface area contributed by atoms with Gasteiger partial charge in [0.25, 0.3) is 0 Å². The minimum atomic E-state index is -0.0431. The van der Waals surface area contributed by atoms with Gasteiger partial charge in [-0.05, 0) is 29.5 Å². The van der Waals surface area contributed by atoms with Crippen LogP contribution < -0.4 is 9.47 Å². The lowest BCUT2D eigenvalue weighted by Crippen LogP contribution is -2.15. The summed E-state index contributed by atoms with van der Waals surface area (Å²) in [6.45, 7) is 2.11. The smallest absolute Gasteiger partial charge is 0.170 e.